The van der Waals surface area contributed by atoms with Crippen LogP contribution >= 0.6 is 0 Å². The van der Waals surface area contributed by atoms with Crippen molar-refractivity contribution in [2.24, 2.45) is 0 Å². The lowest BCUT2D eigenvalue weighted by atomic mass is 10.3. The number of rotatable bonds is 6. The second-order valence-electron chi connectivity index (χ2n) is 4.00. The van der Waals surface area contributed by atoms with Crippen molar-refractivity contribution in [2.75, 3.05) is 46.4 Å². The molecule has 0 bridgehead atoms. The molecule has 1 saturated heterocycles. The molecular weight excluding hydrogens is 242 g/mol. The fraction of sp³-hybridized carbons (Fsp3) is 1.00. The Morgan fingerprint density at radius 1 is 1.41 bits per heavy atom. The Hall–Kier alpha value is -0.210. The SMILES string of the molecule is CCN(CC)S(=O)(=O)N1CCOC(CNC)C1. The summed E-state index contributed by atoms with van der Waals surface area (Å²) in [6, 6.07) is 0. The predicted molar refractivity (Wildman–Crippen MR) is 67.1 cm³/mol. The van der Waals surface area contributed by atoms with Crippen molar-refractivity contribution in [1.82, 2.24) is 13.9 Å². The van der Waals surface area contributed by atoms with Crippen molar-refractivity contribution in [3.63, 3.8) is 0 Å². The van der Waals surface area contributed by atoms with Crippen molar-refractivity contribution in [1.29, 1.82) is 0 Å². The maximum absolute atomic E-state index is 12.3. The maximum atomic E-state index is 12.3. The normalized spacial score (nSPS) is 23.2. The molecule has 1 aliphatic rings. The molecule has 0 saturated carbocycles. The molecule has 1 aliphatic heterocycles. The van der Waals surface area contributed by atoms with Gasteiger partial charge in [-0.3, -0.25) is 0 Å². The molecule has 1 N–H and O–H groups in total. The highest BCUT2D eigenvalue weighted by molar-refractivity contribution is 7.86. The predicted octanol–water partition coefficient (Wildman–Crippen LogP) is -0.507. The molecule has 0 spiro atoms. The highest BCUT2D eigenvalue weighted by atomic mass is 32.2. The van der Waals surface area contributed by atoms with E-state index in [-0.39, 0.29) is 6.10 Å². The van der Waals surface area contributed by atoms with Crippen LogP contribution in [0, 0.1) is 0 Å². The van der Waals surface area contributed by atoms with Crippen LogP contribution < -0.4 is 5.32 Å². The summed E-state index contributed by atoms with van der Waals surface area (Å²) in [6.45, 7) is 6.73. The first-order valence-corrected chi connectivity index (χ1v) is 7.47. The Morgan fingerprint density at radius 2 is 2.06 bits per heavy atom. The van der Waals surface area contributed by atoms with E-state index < -0.39 is 10.2 Å². The summed E-state index contributed by atoms with van der Waals surface area (Å²) in [5, 5.41) is 3.01. The van der Waals surface area contributed by atoms with Crippen LogP contribution in [0.5, 0.6) is 0 Å². The number of morpholine rings is 1. The Kier molecular flexibility index (Phi) is 5.81. The van der Waals surface area contributed by atoms with Gasteiger partial charge in [-0.05, 0) is 7.05 Å². The highest BCUT2D eigenvalue weighted by Gasteiger charge is 2.32. The fourth-order valence-corrected chi connectivity index (χ4v) is 3.61. The molecule has 0 aromatic carbocycles. The first-order chi connectivity index (χ1) is 8.06. The molecule has 1 fully saturated rings. The number of nitrogens with zero attached hydrogens (tertiary/aromatic N) is 2. The fourth-order valence-electron chi connectivity index (χ4n) is 1.97. The Balaban J connectivity index is 2.70. The van der Waals surface area contributed by atoms with E-state index in [2.05, 4.69) is 5.32 Å². The third kappa shape index (κ3) is 3.62. The minimum Gasteiger partial charge on any atom is -0.374 e. The van der Waals surface area contributed by atoms with Crippen molar-refractivity contribution < 1.29 is 13.2 Å². The molecular formula is C10H23N3O3S. The summed E-state index contributed by atoms with van der Waals surface area (Å²) in [5.41, 5.74) is 0. The lowest BCUT2D eigenvalue weighted by Crippen LogP contribution is -2.52. The van der Waals surface area contributed by atoms with Gasteiger partial charge in [-0.2, -0.15) is 17.0 Å². The van der Waals surface area contributed by atoms with Crippen LogP contribution in [0.25, 0.3) is 0 Å². The van der Waals surface area contributed by atoms with Crippen molar-refractivity contribution in [3.8, 4) is 0 Å². The van der Waals surface area contributed by atoms with Gasteiger partial charge in [0, 0.05) is 32.7 Å². The number of nitrogens with one attached hydrogen (secondary N) is 1. The number of hydrogen-bond donors (Lipinski definition) is 1. The zero-order chi connectivity index (χ0) is 12.9. The van der Waals surface area contributed by atoms with Crippen molar-refractivity contribution in [3.05, 3.63) is 0 Å². The van der Waals surface area contributed by atoms with E-state index in [9.17, 15) is 8.42 Å². The Labute approximate surface area is 104 Å². The topological polar surface area (TPSA) is 61.9 Å². The van der Waals surface area contributed by atoms with E-state index in [4.69, 9.17) is 4.74 Å². The summed E-state index contributed by atoms with van der Waals surface area (Å²) in [7, 11) is -1.48. The van der Waals surface area contributed by atoms with Gasteiger partial charge in [0.2, 0.25) is 0 Å². The van der Waals surface area contributed by atoms with Gasteiger partial charge >= 0.3 is 0 Å². The molecule has 102 valence electrons. The van der Waals surface area contributed by atoms with E-state index in [1.54, 1.807) is 0 Å². The number of ether oxygens (including phenoxy) is 1. The average molecular weight is 265 g/mol. The van der Waals surface area contributed by atoms with Crippen LogP contribution in [0.3, 0.4) is 0 Å². The zero-order valence-corrected chi connectivity index (χ0v) is 11.7. The number of hydrogen-bond acceptors (Lipinski definition) is 4. The lowest BCUT2D eigenvalue weighted by molar-refractivity contribution is -0.000842. The smallest absolute Gasteiger partial charge is 0.282 e. The van der Waals surface area contributed by atoms with E-state index in [1.807, 2.05) is 20.9 Å². The zero-order valence-electron chi connectivity index (χ0n) is 10.8. The third-order valence-electron chi connectivity index (χ3n) is 2.89. The van der Waals surface area contributed by atoms with Crippen LogP contribution in [0.4, 0.5) is 0 Å². The van der Waals surface area contributed by atoms with E-state index in [1.165, 1.54) is 8.61 Å². The monoisotopic (exact) mass is 265 g/mol. The summed E-state index contributed by atoms with van der Waals surface area (Å²) < 4.78 is 33.1. The maximum Gasteiger partial charge on any atom is 0.282 e. The molecule has 0 radical (unpaired) electrons. The molecule has 1 unspecified atom stereocenters. The summed E-state index contributed by atoms with van der Waals surface area (Å²) in [4.78, 5) is 0. The molecule has 1 rings (SSSR count). The summed E-state index contributed by atoms with van der Waals surface area (Å²) in [6.07, 6.45) is -0.0564. The van der Waals surface area contributed by atoms with Gasteiger partial charge in [-0.15, -0.1) is 0 Å². The first-order valence-electron chi connectivity index (χ1n) is 6.07. The first kappa shape index (κ1) is 14.8. The molecule has 1 heterocycles. The second kappa shape index (κ2) is 6.65. The van der Waals surface area contributed by atoms with Gasteiger partial charge in [-0.1, -0.05) is 13.8 Å². The molecule has 6 nitrogen and oxygen atoms in total. The summed E-state index contributed by atoms with van der Waals surface area (Å²) >= 11 is 0. The van der Waals surface area contributed by atoms with Crippen LogP contribution in [-0.2, 0) is 14.9 Å². The molecule has 1 atom stereocenters. The Bertz CT molecular complexity index is 315. The largest absolute Gasteiger partial charge is 0.374 e. The third-order valence-corrected chi connectivity index (χ3v) is 5.04. The summed E-state index contributed by atoms with van der Waals surface area (Å²) in [5.74, 6) is 0. The van der Waals surface area contributed by atoms with E-state index in [0.717, 1.165) is 0 Å². The molecule has 0 aromatic rings. The van der Waals surface area contributed by atoms with Crippen molar-refractivity contribution in [2.45, 2.75) is 20.0 Å². The van der Waals surface area contributed by atoms with E-state index in [0.29, 0.717) is 39.3 Å². The van der Waals surface area contributed by atoms with Crippen LogP contribution in [-0.4, -0.2) is 69.5 Å². The Morgan fingerprint density at radius 3 is 2.59 bits per heavy atom. The lowest BCUT2D eigenvalue weighted by Gasteiger charge is -2.35. The molecule has 0 aliphatic carbocycles. The standard InChI is InChI=1S/C10H23N3O3S/c1-4-12(5-2)17(14,15)13-6-7-16-10(9-13)8-11-3/h10-11H,4-9H2,1-3H3. The van der Waals surface area contributed by atoms with Gasteiger partial charge in [0.15, 0.2) is 0 Å². The molecule has 0 amide bonds. The van der Waals surface area contributed by atoms with Gasteiger partial charge in [0.25, 0.3) is 10.2 Å². The quantitative estimate of drug-likeness (QED) is 0.703. The van der Waals surface area contributed by atoms with Crippen molar-refractivity contribution >= 4 is 10.2 Å². The van der Waals surface area contributed by atoms with Crippen LogP contribution in [0.1, 0.15) is 13.8 Å². The minimum atomic E-state index is -3.32. The van der Waals surface area contributed by atoms with E-state index >= 15 is 0 Å². The van der Waals surface area contributed by atoms with Gasteiger partial charge < -0.3 is 10.1 Å². The van der Waals surface area contributed by atoms with Gasteiger partial charge in [0.1, 0.15) is 0 Å². The second-order valence-corrected chi connectivity index (χ2v) is 5.93. The van der Waals surface area contributed by atoms with Gasteiger partial charge in [-0.25, -0.2) is 0 Å². The minimum absolute atomic E-state index is 0.0564. The van der Waals surface area contributed by atoms with Crippen LogP contribution in [0.2, 0.25) is 0 Å². The molecule has 17 heavy (non-hydrogen) atoms. The van der Waals surface area contributed by atoms with Crippen LogP contribution in [0.15, 0.2) is 0 Å². The average Bonchev–Trinajstić information content (AvgIpc) is 2.31. The molecule has 7 heteroatoms. The molecule has 0 aromatic heterocycles. The number of likely N-dealkylation sites (N-methyl/N-ethyl adjacent to an activating group) is 1. The highest BCUT2D eigenvalue weighted by Crippen LogP contribution is 2.13. The van der Waals surface area contributed by atoms with Gasteiger partial charge in [0.05, 0.1) is 12.7 Å².